The van der Waals surface area contributed by atoms with Gasteiger partial charge in [-0.2, -0.15) is 0 Å². The maximum absolute atomic E-state index is 12.2. The van der Waals surface area contributed by atoms with Gasteiger partial charge in [0, 0.05) is 26.1 Å². The lowest BCUT2D eigenvalue weighted by molar-refractivity contribution is -0.141. The predicted molar refractivity (Wildman–Crippen MR) is 71.9 cm³/mol. The quantitative estimate of drug-likeness (QED) is 0.801. The maximum Gasteiger partial charge on any atom is 0.303 e. The van der Waals surface area contributed by atoms with E-state index in [1.54, 1.807) is 0 Å². The minimum Gasteiger partial charge on any atom is -0.481 e. The predicted octanol–water partition coefficient (Wildman–Crippen LogP) is 1.90. The van der Waals surface area contributed by atoms with Crippen molar-refractivity contribution in [3.05, 3.63) is 0 Å². The zero-order chi connectivity index (χ0) is 14.5. The second kappa shape index (κ2) is 6.89. The number of carbonyl (C=O) groups is 2. The van der Waals surface area contributed by atoms with E-state index in [-0.39, 0.29) is 24.9 Å². The summed E-state index contributed by atoms with van der Waals surface area (Å²) in [6.07, 6.45) is 2.37. The summed E-state index contributed by atoms with van der Waals surface area (Å²) in [6, 6.07) is 0. The van der Waals surface area contributed by atoms with Gasteiger partial charge in [0.25, 0.3) is 0 Å². The molecule has 1 fully saturated rings. The Bertz CT molecular complexity index is 325. The molecule has 110 valence electrons. The van der Waals surface area contributed by atoms with Crippen LogP contribution < -0.4 is 0 Å². The number of ether oxygens (including phenoxy) is 1. The Balaban J connectivity index is 2.50. The molecule has 0 spiro atoms. The van der Waals surface area contributed by atoms with Gasteiger partial charge in [0.05, 0.1) is 12.5 Å². The number of carboxylic acids is 1. The minimum absolute atomic E-state index is 0.0153. The molecule has 1 aliphatic rings. The number of aliphatic carboxylic acids is 1. The number of nitrogens with zero attached hydrogens (tertiary/aromatic N) is 1. The minimum atomic E-state index is -0.858. The van der Waals surface area contributed by atoms with Crippen LogP contribution in [0.2, 0.25) is 0 Å². The second-order valence-electron chi connectivity index (χ2n) is 5.97. The van der Waals surface area contributed by atoms with E-state index in [4.69, 9.17) is 9.84 Å². The monoisotopic (exact) mass is 271 g/mol. The van der Waals surface area contributed by atoms with E-state index < -0.39 is 11.4 Å². The molecule has 1 amide bonds. The summed E-state index contributed by atoms with van der Waals surface area (Å²) in [5.74, 6) is -0.820. The summed E-state index contributed by atoms with van der Waals surface area (Å²) in [5.41, 5.74) is -0.499. The molecule has 1 atom stereocenters. The Kier molecular flexibility index (Phi) is 5.79. The molecule has 5 heteroatoms. The van der Waals surface area contributed by atoms with E-state index in [2.05, 4.69) is 0 Å². The van der Waals surface area contributed by atoms with Crippen molar-refractivity contribution in [3.63, 3.8) is 0 Å². The average molecular weight is 271 g/mol. The SMILES string of the molecule is CCO[C@H]1CCCN(C(=O)CC(C)(C)CC(=O)O)C1. The largest absolute Gasteiger partial charge is 0.481 e. The topological polar surface area (TPSA) is 66.8 Å². The molecule has 1 N–H and O–H groups in total. The fraction of sp³-hybridized carbons (Fsp3) is 0.857. The van der Waals surface area contributed by atoms with Crippen LogP contribution in [0, 0.1) is 5.41 Å². The molecule has 0 aromatic carbocycles. The van der Waals surface area contributed by atoms with Crippen molar-refractivity contribution in [1.29, 1.82) is 0 Å². The van der Waals surface area contributed by atoms with Gasteiger partial charge in [-0.15, -0.1) is 0 Å². The number of carboxylic acid groups (broad SMARTS) is 1. The van der Waals surface area contributed by atoms with Crippen LogP contribution in [-0.4, -0.2) is 47.7 Å². The highest BCUT2D eigenvalue weighted by Gasteiger charge is 2.30. The standard InChI is InChI=1S/C14H25NO4/c1-4-19-11-6-5-7-15(10-11)12(16)8-14(2,3)9-13(17)18/h11H,4-10H2,1-3H3,(H,17,18)/t11-/m0/s1. The first kappa shape index (κ1) is 16.0. The molecule has 0 bridgehead atoms. The number of rotatable bonds is 6. The fourth-order valence-corrected chi connectivity index (χ4v) is 2.53. The summed E-state index contributed by atoms with van der Waals surface area (Å²) in [5, 5.41) is 8.84. The Labute approximate surface area is 114 Å². The first-order valence-electron chi connectivity index (χ1n) is 6.95. The highest BCUT2D eigenvalue weighted by molar-refractivity contribution is 5.78. The van der Waals surface area contributed by atoms with Crippen molar-refractivity contribution >= 4 is 11.9 Å². The van der Waals surface area contributed by atoms with E-state index in [1.165, 1.54) is 0 Å². The molecule has 1 rings (SSSR count). The lowest BCUT2D eigenvalue weighted by Crippen LogP contribution is -2.44. The van der Waals surface area contributed by atoms with Crippen LogP contribution in [0.3, 0.4) is 0 Å². The van der Waals surface area contributed by atoms with Gasteiger partial charge in [0.1, 0.15) is 0 Å². The molecule has 1 saturated heterocycles. The third kappa shape index (κ3) is 5.59. The highest BCUT2D eigenvalue weighted by Crippen LogP contribution is 2.27. The average Bonchev–Trinajstić information content (AvgIpc) is 2.27. The Morgan fingerprint density at radius 1 is 1.37 bits per heavy atom. The van der Waals surface area contributed by atoms with E-state index in [9.17, 15) is 9.59 Å². The number of amides is 1. The second-order valence-corrected chi connectivity index (χ2v) is 5.97. The van der Waals surface area contributed by atoms with Crippen molar-refractivity contribution in [3.8, 4) is 0 Å². The fourth-order valence-electron chi connectivity index (χ4n) is 2.53. The van der Waals surface area contributed by atoms with Crippen LogP contribution in [0.1, 0.15) is 46.5 Å². The van der Waals surface area contributed by atoms with Crippen molar-refractivity contribution in [2.24, 2.45) is 5.41 Å². The van der Waals surface area contributed by atoms with Gasteiger partial charge in [-0.3, -0.25) is 9.59 Å². The molecule has 0 aromatic heterocycles. The molecule has 0 unspecified atom stereocenters. The van der Waals surface area contributed by atoms with Crippen LogP contribution in [0.25, 0.3) is 0 Å². The van der Waals surface area contributed by atoms with Gasteiger partial charge >= 0.3 is 5.97 Å². The number of piperidine rings is 1. The van der Waals surface area contributed by atoms with Crippen LogP contribution in [-0.2, 0) is 14.3 Å². The molecule has 1 heterocycles. The molecular weight excluding hydrogens is 246 g/mol. The summed E-state index contributed by atoms with van der Waals surface area (Å²) in [7, 11) is 0. The molecule has 5 nitrogen and oxygen atoms in total. The molecule has 1 aliphatic heterocycles. The van der Waals surface area contributed by atoms with Gasteiger partial charge in [0.15, 0.2) is 0 Å². The first-order valence-corrected chi connectivity index (χ1v) is 6.95. The van der Waals surface area contributed by atoms with Gasteiger partial charge in [-0.25, -0.2) is 0 Å². The number of carbonyl (C=O) groups excluding carboxylic acids is 1. The number of hydrogen-bond donors (Lipinski definition) is 1. The van der Waals surface area contributed by atoms with Crippen molar-refractivity contribution < 1.29 is 19.4 Å². The van der Waals surface area contributed by atoms with Crippen molar-refractivity contribution in [1.82, 2.24) is 4.90 Å². The van der Waals surface area contributed by atoms with Crippen LogP contribution >= 0.6 is 0 Å². The third-order valence-corrected chi connectivity index (χ3v) is 3.39. The van der Waals surface area contributed by atoms with Crippen molar-refractivity contribution in [2.45, 2.75) is 52.6 Å². The van der Waals surface area contributed by atoms with E-state index in [0.29, 0.717) is 13.2 Å². The Morgan fingerprint density at radius 2 is 2.05 bits per heavy atom. The van der Waals surface area contributed by atoms with Gasteiger partial charge in [-0.1, -0.05) is 13.8 Å². The Morgan fingerprint density at radius 3 is 2.63 bits per heavy atom. The van der Waals surface area contributed by atoms with Gasteiger partial charge < -0.3 is 14.7 Å². The summed E-state index contributed by atoms with van der Waals surface area (Å²) < 4.78 is 5.57. The van der Waals surface area contributed by atoms with Gasteiger partial charge in [-0.05, 0) is 25.2 Å². The lowest BCUT2D eigenvalue weighted by atomic mass is 9.85. The summed E-state index contributed by atoms with van der Waals surface area (Å²) in [4.78, 5) is 24.8. The van der Waals surface area contributed by atoms with Crippen LogP contribution in [0.4, 0.5) is 0 Å². The maximum atomic E-state index is 12.2. The van der Waals surface area contributed by atoms with Gasteiger partial charge in [0.2, 0.25) is 5.91 Å². The van der Waals surface area contributed by atoms with E-state index in [1.807, 2.05) is 25.7 Å². The molecule has 0 aliphatic carbocycles. The van der Waals surface area contributed by atoms with E-state index in [0.717, 1.165) is 19.4 Å². The zero-order valence-electron chi connectivity index (χ0n) is 12.1. The molecule has 0 saturated carbocycles. The smallest absolute Gasteiger partial charge is 0.303 e. The van der Waals surface area contributed by atoms with E-state index >= 15 is 0 Å². The highest BCUT2D eigenvalue weighted by atomic mass is 16.5. The molecule has 0 aromatic rings. The van der Waals surface area contributed by atoms with Crippen LogP contribution in [0.5, 0.6) is 0 Å². The summed E-state index contributed by atoms with van der Waals surface area (Å²) in [6.45, 7) is 7.65. The normalized spacial score (nSPS) is 20.4. The molecular formula is C14H25NO4. The lowest BCUT2D eigenvalue weighted by Gasteiger charge is -2.34. The third-order valence-electron chi connectivity index (χ3n) is 3.39. The van der Waals surface area contributed by atoms with Crippen molar-refractivity contribution in [2.75, 3.05) is 19.7 Å². The zero-order valence-corrected chi connectivity index (χ0v) is 12.1. The molecule has 0 radical (unpaired) electrons. The number of hydrogen-bond acceptors (Lipinski definition) is 3. The first-order chi connectivity index (χ1) is 8.84. The molecule has 19 heavy (non-hydrogen) atoms. The number of likely N-dealkylation sites (tertiary alicyclic amines) is 1. The van der Waals surface area contributed by atoms with Crippen LogP contribution in [0.15, 0.2) is 0 Å². The Hall–Kier alpha value is -1.10. The summed E-state index contributed by atoms with van der Waals surface area (Å²) >= 11 is 0.